The van der Waals surface area contributed by atoms with E-state index in [0.29, 0.717) is 11.3 Å². The van der Waals surface area contributed by atoms with Crippen LogP contribution in [0, 0.1) is 0 Å². The topological polar surface area (TPSA) is 96.5 Å². The lowest BCUT2D eigenvalue weighted by atomic mass is 10.1. The number of aromatic amines is 1. The maximum absolute atomic E-state index is 12.2. The number of carboxylic acid groups (broad SMARTS) is 1. The molecule has 2 N–H and O–H groups in total. The molecule has 1 aromatic carbocycles. The fourth-order valence-corrected chi connectivity index (χ4v) is 2.32. The number of hydrogen-bond donors (Lipinski definition) is 2. The van der Waals surface area contributed by atoms with Crippen LogP contribution in [0.5, 0.6) is 5.75 Å². The zero-order valence-electron chi connectivity index (χ0n) is 10.3. The van der Waals surface area contributed by atoms with E-state index < -0.39 is 22.5 Å². The van der Waals surface area contributed by atoms with Crippen molar-refractivity contribution < 1.29 is 18.9 Å². The Bertz CT molecular complexity index is 770. The molecule has 0 bridgehead atoms. The molecule has 0 aliphatic heterocycles. The van der Waals surface area contributed by atoms with Gasteiger partial charge in [-0.2, -0.15) is 0 Å². The van der Waals surface area contributed by atoms with E-state index in [0.717, 1.165) is 12.0 Å². The van der Waals surface area contributed by atoms with Gasteiger partial charge in [-0.3, -0.25) is 9.59 Å². The molecule has 8 heteroatoms. The first-order valence-corrected chi connectivity index (χ1v) is 7.12. The second-order valence-corrected chi connectivity index (χ2v) is 4.86. The monoisotopic (exact) mass is 311 g/mol. The molecule has 0 aliphatic rings. The minimum atomic E-state index is -1.44. The molecule has 0 saturated carbocycles. The molecule has 1 unspecified atom stereocenters. The average Bonchev–Trinajstić information content (AvgIpc) is 2.37. The van der Waals surface area contributed by atoms with Crippen molar-refractivity contribution in [3.8, 4) is 5.75 Å². The molecule has 0 spiro atoms. The van der Waals surface area contributed by atoms with E-state index in [9.17, 15) is 14.4 Å². The van der Waals surface area contributed by atoms with Crippen LogP contribution in [0.3, 0.4) is 0 Å². The van der Waals surface area contributed by atoms with Gasteiger partial charge < -0.3 is 14.3 Å². The summed E-state index contributed by atoms with van der Waals surface area (Å²) in [6, 6.07) is 4.56. The lowest BCUT2D eigenvalue weighted by molar-refractivity contribution is 0.0691. The number of fused-ring (bicyclic) bond motifs is 1. The number of benzene rings is 1. The number of rotatable bonds is 4. The highest BCUT2D eigenvalue weighted by Gasteiger charge is 2.21. The van der Waals surface area contributed by atoms with Crippen molar-refractivity contribution in [1.29, 1.82) is 0 Å². The van der Waals surface area contributed by atoms with Gasteiger partial charge in [0.2, 0.25) is 5.43 Å². The van der Waals surface area contributed by atoms with Crippen molar-refractivity contribution in [2.75, 3.05) is 6.26 Å². The highest BCUT2D eigenvalue weighted by atomic mass is 32.2. The molecule has 0 saturated heterocycles. The predicted octanol–water partition coefficient (Wildman–Crippen LogP) is 1.90. The number of nitrogens with one attached hydrogen (secondary N) is 1. The van der Waals surface area contributed by atoms with Crippen molar-refractivity contribution in [3.63, 3.8) is 0 Å². The van der Waals surface area contributed by atoms with E-state index in [1.165, 1.54) is 12.1 Å². The van der Waals surface area contributed by atoms with E-state index in [1.54, 1.807) is 12.3 Å². The van der Waals surface area contributed by atoms with Crippen LogP contribution < -0.4 is 9.61 Å². The minimum Gasteiger partial charge on any atom is -0.477 e. The second kappa shape index (κ2) is 5.64. The fourth-order valence-electron chi connectivity index (χ4n) is 1.81. The summed E-state index contributed by atoms with van der Waals surface area (Å²) in [4.78, 5) is 37.5. The molecule has 104 valence electrons. The third kappa shape index (κ3) is 2.55. The quantitative estimate of drug-likeness (QED) is 0.661. The van der Waals surface area contributed by atoms with Crippen molar-refractivity contribution in [1.82, 2.24) is 4.98 Å². The minimum absolute atomic E-state index is 0.186. The summed E-state index contributed by atoms with van der Waals surface area (Å²) < 4.78 is 5.22. The largest absolute Gasteiger partial charge is 0.477 e. The smallest absolute Gasteiger partial charge is 0.342 e. The Kier molecular flexibility index (Phi) is 4.11. The van der Waals surface area contributed by atoms with Crippen LogP contribution in [0.15, 0.2) is 23.0 Å². The molecule has 1 aromatic heterocycles. The molecular weight excluding hydrogens is 301 g/mol. The van der Waals surface area contributed by atoms with Crippen LogP contribution in [0.4, 0.5) is 0 Å². The normalized spacial score (nSPS) is 10.5. The summed E-state index contributed by atoms with van der Waals surface area (Å²) in [6.45, 7) is 0. The van der Waals surface area contributed by atoms with Gasteiger partial charge in [-0.15, -0.1) is 0 Å². The molecule has 1 heterocycles. The van der Waals surface area contributed by atoms with Gasteiger partial charge in [0.15, 0.2) is 5.52 Å². The number of aromatic nitrogens is 1. The van der Waals surface area contributed by atoms with Gasteiger partial charge in [-0.25, -0.2) is 4.79 Å². The lowest BCUT2D eigenvalue weighted by Gasteiger charge is -2.07. The van der Waals surface area contributed by atoms with E-state index in [4.69, 9.17) is 9.29 Å². The third-order valence-corrected chi connectivity index (χ3v) is 3.26. The molecule has 2 aromatic rings. The van der Waals surface area contributed by atoms with Gasteiger partial charge in [0.25, 0.3) is 0 Å². The summed E-state index contributed by atoms with van der Waals surface area (Å²) in [5, 5.41) is 9.27. The molecule has 0 fully saturated rings. The number of H-pyrrole nitrogens is 1. The standard InChI is InChI=1S/C12H10NO5PS/c1-20-18-5-2-3-6-7(4-5)13-9(12(17)19)8(10(6)14)11(15)16/h2-4H,19H2,1H3,(H,13,14)(H,15,16). The van der Waals surface area contributed by atoms with Gasteiger partial charge in [0.05, 0.1) is 17.6 Å². The molecule has 2 rings (SSSR count). The molecule has 0 radical (unpaired) electrons. The summed E-state index contributed by atoms with van der Waals surface area (Å²) in [6.07, 6.45) is 1.73. The maximum Gasteiger partial charge on any atom is 0.342 e. The third-order valence-electron chi connectivity index (χ3n) is 2.61. The number of aromatic carboxylic acids is 1. The zero-order chi connectivity index (χ0) is 14.9. The second-order valence-electron chi connectivity index (χ2n) is 3.83. The van der Waals surface area contributed by atoms with Crippen LogP contribution in [0.1, 0.15) is 20.8 Å². The van der Waals surface area contributed by atoms with E-state index in [2.05, 4.69) is 4.98 Å². The number of carboxylic acids is 1. The zero-order valence-corrected chi connectivity index (χ0v) is 12.3. The van der Waals surface area contributed by atoms with Gasteiger partial charge >= 0.3 is 5.97 Å². The number of hydrogen-bond acceptors (Lipinski definition) is 5. The molecular formula is C12H10NO5PS. The number of pyridine rings is 1. The number of carbonyl (C=O) groups excluding carboxylic acids is 1. The van der Waals surface area contributed by atoms with Crippen molar-refractivity contribution in [2.45, 2.75) is 0 Å². The highest BCUT2D eigenvalue weighted by molar-refractivity contribution is 7.94. The Hall–Kier alpha value is -1.85. The summed E-state index contributed by atoms with van der Waals surface area (Å²) in [5.41, 5.74) is -1.76. The Labute approximate surface area is 119 Å². The fraction of sp³-hybridized carbons (Fsp3) is 0.0833. The van der Waals surface area contributed by atoms with Crippen molar-refractivity contribution >= 4 is 43.7 Å². The van der Waals surface area contributed by atoms with Crippen molar-refractivity contribution in [2.24, 2.45) is 0 Å². The summed E-state index contributed by atoms with van der Waals surface area (Å²) in [5.74, 6) is -0.950. The molecule has 6 nitrogen and oxygen atoms in total. The van der Waals surface area contributed by atoms with Gasteiger partial charge in [-0.1, -0.05) is 9.24 Å². The van der Waals surface area contributed by atoms with E-state index >= 15 is 0 Å². The molecule has 0 amide bonds. The van der Waals surface area contributed by atoms with Crippen LogP contribution in [0.25, 0.3) is 10.9 Å². The van der Waals surface area contributed by atoms with Crippen LogP contribution >= 0.6 is 21.3 Å². The van der Waals surface area contributed by atoms with E-state index in [-0.39, 0.29) is 11.1 Å². The van der Waals surface area contributed by atoms with Crippen LogP contribution in [-0.4, -0.2) is 27.8 Å². The molecule has 1 atom stereocenters. The SMILES string of the molecule is CSOc1ccc2c(=O)c(C(=O)O)c(C(=O)P)[nH]c2c1. The first-order chi connectivity index (χ1) is 9.45. The van der Waals surface area contributed by atoms with E-state index in [1.807, 2.05) is 9.24 Å². The van der Waals surface area contributed by atoms with Crippen LogP contribution in [0.2, 0.25) is 0 Å². The average molecular weight is 311 g/mol. The van der Waals surface area contributed by atoms with Crippen LogP contribution in [-0.2, 0) is 0 Å². The van der Waals surface area contributed by atoms with Gasteiger partial charge in [-0.05, 0) is 12.1 Å². The van der Waals surface area contributed by atoms with Gasteiger partial charge in [0.1, 0.15) is 17.0 Å². The van der Waals surface area contributed by atoms with Crippen molar-refractivity contribution in [3.05, 3.63) is 39.7 Å². The number of carbonyl (C=O) groups is 2. The first-order valence-electron chi connectivity index (χ1n) is 5.39. The Morgan fingerprint density at radius 2 is 2.10 bits per heavy atom. The molecule has 20 heavy (non-hydrogen) atoms. The summed E-state index contributed by atoms with van der Waals surface area (Å²) in [7, 11) is 1.85. The highest BCUT2D eigenvalue weighted by Crippen LogP contribution is 2.21. The predicted molar refractivity (Wildman–Crippen MR) is 79.7 cm³/mol. The lowest BCUT2D eigenvalue weighted by Crippen LogP contribution is -2.21. The maximum atomic E-state index is 12.2. The summed E-state index contributed by atoms with van der Waals surface area (Å²) >= 11 is 1.13. The Morgan fingerprint density at radius 1 is 1.40 bits per heavy atom. The van der Waals surface area contributed by atoms with Gasteiger partial charge in [0, 0.05) is 17.7 Å². The first kappa shape index (κ1) is 14.6. The Morgan fingerprint density at radius 3 is 2.65 bits per heavy atom. The molecule has 0 aliphatic carbocycles. The Balaban J connectivity index is 2.83.